The number of amidine groups is 1. The van der Waals surface area contributed by atoms with Crippen molar-refractivity contribution < 1.29 is 39.5 Å². The van der Waals surface area contributed by atoms with Gasteiger partial charge in [-0.15, -0.1) is 0 Å². The molecule has 1 saturated heterocycles. The molecule has 37 heavy (non-hydrogen) atoms. The summed E-state index contributed by atoms with van der Waals surface area (Å²) in [7, 11) is 0. The van der Waals surface area contributed by atoms with E-state index in [9.17, 15) is 39.5 Å². The van der Waals surface area contributed by atoms with Gasteiger partial charge in [-0.05, 0) is 67.6 Å². The number of nitrogens with zero attached hydrogens (tertiary/aromatic N) is 2. The van der Waals surface area contributed by atoms with Crippen LogP contribution in [0.25, 0.3) is 0 Å². The van der Waals surface area contributed by atoms with Crippen molar-refractivity contribution in [3.8, 4) is 0 Å². The molecule has 0 amide bonds. The zero-order valence-electron chi connectivity index (χ0n) is 19.6. The Labute approximate surface area is 207 Å². The molecule has 0 spiro atoms. The van der Waals surface area contributed by atoms with Crippen LogP contribution in [0, 0.1) is 5.92 Å². The monoisotopic (exact) mass is 537 g/mol. The normalized spacial score (nSPS) is 22.4. The van der Waals surface area contributed by atoms with Gasteiger partial charge in [0.25, 0.3) is 0 Å². The highest BCUT2D eigenvalue weighted by molar-refractivity contribution is 5.85. The predicted molar refractivity (Wildman–Crippen MR) is 120 cm³/mol. The van der Waals surface area contributed by atoms with E-state index >= 15 is 0 Å². The van der Waals surface area contributed by atoms with E-state index in [-0.39, 0.29) is 36.7 Å². The van der Waals surface area contributed by atoms with Gasteiger partial charge in [-0.3, -0.25) is 4.99 Å². The van der Waals surface area contributed by atoms with Crippen molar-refractivity contribution in [1.29, 1.82) is 0 Å². The smallest absolute Gasteiger partial charge is 0.387 e. The van der Waals surface area contributed by atoms with Gasteiger partial charge >= 0.3 is 18.5 Å². The van der Waals surface area contributed by atoms with E-state index in [0.717, 1.165) is 18.4 Å². The fraction of sp³-hybridized carbons (Fsp3) is 0.480. The summed E-state index contributed by atoms with van der Waals surface area (Å²) in [4.78, 5) is 5.75. The molecule has 1 aliphatic heterocycles. The van der Waals surface area contributed by atoms with Crippen LogP contribution in [0.4, 0.5) is 45.2 Å². The molecule has 0 aromatic heterocycles. The molecule has 1 aliphatic carbocycles. The number of alkyl halides is 9. The lowest BCUT2D eigenvalue weighted by Gasteiger charge is -2.33. The fourth-order valence-corrected chi connectivity index (χ4v) is 4.64. The number of hydrogen-bond donors (Lipinski definition) is 1. The first-order valence-corrected chi connectivity index (χ1v) is 11.6. The van der Waals surface area contributed by atoms with Crippen LogP contribution in [0.5, 0.6) is 0 Å². The highest BCUT2D eigenvalue weighted by atomic mass is 19.4. The van der Waals surface area contributed by atoms with Crippen LogP contribution in [0.1, 0.15) is 54.5 Å². The molecule has 4 rings (SSSR count). The molecule has 1 heterocycles. The maximum Gasteiger partial charge on any atom is 0.416 e. The average Bonchev–Trinajstić information content (AvgIpc) is 3.55. The van der Waals surface area contributed by atoms with Gasteiger partial charge < -0.3 is 10.6 Å². The summed E-state index contributed by atoms with van der Waals surface area (Å²) in [6.07, 6.45) is -14.3. The zero-order chi connectivity index (χ0) is 27.4. The third-order valence-electron chi connectivity index (χ3n) is 7.03. The lowest BCUT2D eigenvalue weighted by molar-refractivity contribution is -0.185. The Morgan fingerprint density at radius 3 is 1.92 bits per heavy atom. The Morgan fingerprint density at radius 1 is 0.919 bits per heavy atom. The maximum atomic E-state index is 14.4. The van der Waals surface area contributed by atoms with Crippen LogP contribution in [-0.4, -0.2) is 25.1 Å². The van der Waals surface area contributed by atoms with E-state index in [0.29, 0.717) is 11.5 Å². The molecule has 202 valence electrons. The van der Waals surface area contributed by atoms with Crippen molar-refractivity contribution >= 4 is 11.5 Å². The second kappa shape index (κ2) is 9.13. The second-order valence-electron chi connectivity index (χ2n) is 9.64. The molecule has 2 aliphatic rings. The molecule has 2 atom stereocenters. The quantitative estimate of drug-likeness (QED) is 0.248. The Hall–Kier alpha value is -2.92. The van der Waals surface area contributed by atoms with Crippen LogP contribution in [-0.2, 0) is 17.8 Å². The van der Waals surface area contributed by atoms with Crippen LogP contribution in [0.3, 0.4) is 0 Å². The molecule has 2 fully saturated rings. The van der Waals surface area contributed by atoms with Crippen LogP contribution < -0.4 is 10.6 Å². The van der Waals surface area contributed by atoms with E-state index in [1.165, 1.54) is 4.90 Å². The molecular formula is C25H24F9N3. The van der Waals surface area contributed by atoms with Crippen molar-refractivity contribution in [2.45, 2.75) is 56.2 Å². The lowest BCUT2D eigenvalue weighted by Crippen LogP contribution is -2.45. The molecular weight excluding hydrogens is 513 g/mol. The van der Waals surface area contributed by atoms with Crippen molar-refractivity contribution in [3.05, 3.63) is 64.7 Å². The summed E-state index contributed by atoms with van der Waals surface area (Å²) in [6.45, 7) is 0.788. The van der Waals surface area contributed by atoms with E-state index in [1.54, 1.807) is 24.3 Å². The van der Waals surface area contributed by atoms with Crippen LogP contribution in [0.2, 0.25) is 0 Å². The molecule has 2 aromatic rings. The van der Waals surface area contributed by atoms with Gasteiger partial charge in [-0.25, -0.2) is 0 Å². The van der Waals surface area contributed by atoms with Gasteiger partial charge in [-0.2, -0.15) is 39.5 Å². The maximum absolute atomic E-state index is 14.4. The summed E-state index contributed by atoms with van der Waals surface area (Å²) in [5.41, 5.74) is -0.446. The summed E-state index contributed by atoms with van der Waals surface area (Å²) < 4.78 is 123. The SMILES string of the molecule is CC(N=C(N)C1CC1)c1ccc(N2CCC(c3cc(C(F)(F)F)cc(C(F)(F)F)c3)(C(F)(F)F)C2)cc1. The van der Waals surface area contributed by atoms with Crippen molar-refractivity contribution in [2.24, 2.45) is 16.6 Å². The van der Waals surface area contributed by atoms with Gasteiger partial charge in [0.2, 0.25) is 0 Å². The summed E-state index contributed by atoms with van der Waals surface area (Å²) in [6, 6.07) is 6.38. The van der Waals surface area contributed by atoms with Gasteiger partial charge in [-0.1, -0.05) is 12.1 Å². The minimum atomic E-state index is -5.25. The predicted octanol–water partition coefficient (Wildman–Crippen LogP) is 7.26. The first kappa shape index (κ1) is 27.1. The number of aliphatic imine (C=N–C) groups is 1. The van der Waals surface area contributed by atoms with E-state index in [2.05, 4.69) is 4.99 Å². The minimum Gasteiger partial charge on any atom is -0.387 e. The zero-order valence-corrected chi connectivity index (χ0v) is 19.6. The third-order valence-corrected chi connectivity index (χ3v) is 7.03. The molecule has 2 N–H and O–H groups in total. The highest BCUT2D eigenvalue weighted by Crippen LogP contribution is 2.50. The van der Waals surface area contributed by atoms with Crippen molar-refractivity contribution in [2.75, 3.05) is 18.0 Å². The fourth-order valence-electron chi connectivity index (χ4n) is 4.64. The van der Waals surface area contributed by atoms with Gasteiger partial charge in [0, 0.05) is 24.7 Å². The standard InChI is InChI=1S/C25H24F9N3/c1-14(36-21(35)16-2-3-16)15-4-6-20(7-5-15)37-9-8-22(13-37,25(32,33)34)17-10-18(23(26,27)28)12-19(11-17)24(29,30)31/h4-7,10-12,14,16H,2-3,8-9,13H2,1H3,(H2,35,36). The van der Waals surface area contributed by atoms with E-state index in [1.807, 2.05) is 6.92 Å². The molecule has 3 nitrogen and oxygen atoms in total. The van der Waals surface area contributed by atoms with Crippen LogP contribution in [0.15, 0.2) is 47.5 Å². The first-order valence-electron chi connectivity index (χ1n) is 11.6. The minimum absolute atomic E-state index is 0.168. The Balaban J connectivity index is 1.66. The second-order valence-corrected chi connectivity index (χ2v) is 9.64. The number of halogens is 9. The number of benzene rings is 2. The molecule has 0 radical (unpaired) electrons. The first-order chi connectivity index (χ1) is 17.0. The van der Waals surface area contributed by atoms with Crippen molar-refractivity contribution in [3.63, 3.8) is 0 Å². The van der Waals surface area contributed by atoms with E-state index < -0.39 is 53.6 Å². The molecule has 2 aromatic carbocycles. The number of anilines is 1. The summed E-state index contributed by atoms with van der Waals surface area (Å²) >= 11 is 0. The molecule has 1 saturated carbocycles. The average molecular weight is 537 g/mol. The molecule has 12 heteroatoms. The van der Waals surface area contributed by atoms with Crippen LogP contribution >= 0.6 is 0 Å². The summed E-state index contributed by atoms with van der Waals surface area (Å²) in [5.74, 6) is 0.820. The number of rotatable bonds is 5. The van der Waals surface area contributed by atoms with Gasteiger partial charge in [0.1, 0.15) is 5.41 Å². The van der Waals surface area contributed by atoms with Gasteiger partial charge in [0.05, 0.1) is 23.0 Å². The van der Waals surface area contributed by atoms with Crippen molar-refractivity contribution in [1.82, 2.24) is 0 Å². The number of hydrogen-bond acceptors (Lipinski definition) is 2. The molecule has 0 bridgehead atoms. The Morgan fingerprint density at radius 2 is 1.46 bits per heavy atom. The Bertz CT molecular complexity index is 1130. The largest absolute Gasteiger partial charge is 0.416 e. The molecule has 2 unspecified atom stereocenters. The highest BCUT2D eigenvalue weighted by Gasteiger charge is 2.60. The Kier molecular flexibility index (Phi) is 6.69. The summed E-state index contributed by atoms with van der Waals surface area (Å²) in [5, 5.41) is 0. The lowest BCUT2D eigenvalue weighted by atomic mass is 9.77. The number of nitrogens with two attached hydrogens (primary N) is 1. The van der Waals surface area contributed by atoms with E-state index in [4.69, 9.17) is 5.73 Å². The van der Waals surface area contributed by atoms with Gasteiger partial charge in [0.15, 0.2) is 0 Å². The topological polar surface area (TPSA) is 41.6 Å². The third kappa shape index (κ3) is 5.52.